The summed E-state index contributed by atoms with van der Waals surface area (Å²) in [6, 6.07) is 12.8. The number of ether oxygens (including phenoxy) is 2. The van der Waals surface area contributed by atoms with Gasteiger partial charge in [0.2, 0.25) is 11.8 Å². The standard InChI is InChI=1S/C24H24F3N3O4/c1-2-32-22(31)15-21-28-29-23(34-21)16-7-9-17(10-8-16)30-13-11-18(12-14-30)33-20-6-4-3-5-19(20)24(25,26)27/h3-10,18H,2,11-15H2,1H3. The van der Waals surface area contributed by atoms with E-state index in [1.165, 1.54) is 12.1 Å². The number of rotatable bonds is 7. The Balaban J connectivity index is 1.33. The molecular weight excluding hydrogens is 451 g/mol. The van der Waals surface area contributed by atoms with Crippen LogP contribution in [0.5, 0.6) is 5.75 Å². The average Bonchev–Trinajstić information content (AvgIpc) is 3.28. The van der Waals surface area contributed by atoms with E-state index in [1.54, 1.807) is 13.0 Å². The highest BCUT2D eigenvalue weighted by Gasteiger charge is 2.35. The lowest BCUT2D eigenvalue weighted by Crippen LogP contribution is -2.38. The number of carbonyl (C=O) groups excluding carboxylic acids is 1. The molecule has 1 saturated heterocycles. The molecule has 0 unspecified atom stereocenters. The van der Waals surface area contributed by atoms with E-state index in [2.05, 4.69) is 15.1 Å². The first-order valence-corrected chi connectivity index (χ1v) is 11.0. The Morgan fingerprint density at radius 1 is 1.09 bits per heavy atom. The van der Waals surface area contributed by atoms with E-state index >= 15 is 0 Å². The molecule has 0 aliphatic carbocycles. The van der Waals surface area contributed by atoms with Gasteiger partial charge in [-0.1, -0.05) is 12.1 Å². The highest BCUT2D eigenvalue weighted by Crippen LogP contribution is 2.37. The van der Waals surface area contributed by atoms with Crippen LogP contribution in [0.2, 0.25) is 0 Å². The van der Waals surface area contributed by atoms with Crippen molar-refractivity contribution in [2.45, 2.75) is 38.5 Å². The summed E-state index contributed by atoms with van der Waals surface area (Å²) >= 11 is 0. The molecular formula is C24H24F3N3O4. The predicted octanol–water partition coefficient (Wildman–Crippen LogP) is 4.91. The van der Waals surface area contributed by atoms with E-state index in [0.717, 1.165) is 11.8 Å². The van der Waals surface area contributed by atoms with E-state index in [4.69, 9.17) is 13.9 Å². The van der Waals surface area contributed by atoms with Crippen molar-refractivity contribution >= 4 is 11.7 Å². The van der Waals surface area contributed by atoms with Crippen molar-refractivity contribution in [1.82, 2.24) is 10.2 Å². The second kappa shape index (κ2) is 10.1. The molecule has 1 aliphatic heterocycles. The zero-order chi connectivity index (χ0) is 24.1. The van der Waals surface area contributed by atoms with Gasteiger partial charge < -0.3 is 18.8 Å². The summed E-state index contributed by atoms with van der Waals surface area (Å²) in [4.78, 5) is 13.7. The average molecular weight is 475 g/mol. The van der Waals surface area contributed by atoms with Gasteiger partial charge in [0, 0.05) is 37.2 Å². The van der Waals surface area contributed by atoms with Gasteiger partial charge in [-0.25, -0.2) is 0 Å². The number of para-hydroxylation sites is 1. The van der Waals surface area contributed by atoms with Gasteiger partial charge in [-0.3, -0.25) is 4.79 Å². The summed E-state index contributed by atoms with van der Waals surface area (Å²) in [5.41, 5.74) is 0.942. The Hall–Kier alpha value is -3.56. The van der Waals surface area contributed by atoms with E-state index in [9.17, 15) is 18.0 Å². The lowest BCUT2D eigenvalue weighted by Gasteiger charge is -2.34. The molecule has 2 aromatic carbocycles. The highest BCUT2D eigenvalue weighted by molar-refractivity contribution is 5.71. The maximum absolute atomic E-state index is 13.2. The van der Waals surface area contributed by atoms with Gasteiger partial charge in [-0.15, -0.1) is 10.2 Å². The highest BCUT2D eigenvalue weighted by atomic mass is 19.4. The summed E-state index contributed by atoms with van der Waals surface area (Å²) in [5.74, 6) is -0.0602. The molecule has 0 amide bonds. The van der Waals surface area contributed by atoms with Crippen LogP contribution in [0.3, 0.4) is 0 Å². The zero-order valence-electron chi connectivity index (χ0n) is 18.5. The first-order valence-electron chi connectivity index (χ1n) is 11.0. The number of anilines is 1. The molecule has 4 rings (SSSR count). The van der Waals surface area contributed by atoms with Crippen molar-refractivity contribution in [3.8, 4) is 17.2 Å². The maximum atomic E-state index is 13.2. The van der Waals surface area contributed by atoms with Crippen molar-refractivity contribution in [2.75, 3.05) is 24.6 Å². The number of piperidine rings is 1. The number of alkyl halides is 3. The molecule has 10 heteroatoms. The number of hydrogen-bond acceptors (Lipinski definition) is 7. The number of halogens is 3. The third kappa shape index (κ3) is 5.67. The second-order valence-corrected chi connectivity index (χ2v) is 7.83. The summed E-state index contributed by atoms with van der Waals surface area (Å²) in [7, 11) is 0. The van der Waals surface area contributed by atoms with Crippen LogP contribution in [0.1, 0.15) is 31.2 Å². The van der Waals surface area contributed by atoms with E-state index in [-0.39, 0.29) is 30.8 Å². The summed E-state index contributed by atoms with van der Waals surface area (Å²) in [6.45, 7) is 3.32. The molecule has 0 spiro atoms. The van der Waals surface area contributed by atoms with Gasteiger partial charge in [-0.05, 0) is 43.3 Å². The van der Waals surface area contributed by atoms with Gasteiger partial charge >= 0.3 is 12.1 Å². The molecule has 180 valence electrons. The Morgan fingerprint density at radius 3 is 2.47 bits per heavy atom. The fourth-order valence-electron chi connectivity index (χ4n) is 3.81. The Morgan fingerprint density at radius 2 is 1.79 bits per heavy atom. The molecule has 2 heterocycles. The van der Waals surface area contributed by atoms with Crippen LogP contribution in [0.4, 0.5) is 18.9 Å². The van der Waals surface area contributed by atoms with Crippen LogP contribution in [-0.2, 0) is 22.1 Å². The normalized spacial score (nSPS) is 14.8. The van der Waals surface area contributed by atoms with Gasteiger partial charge in [0.1, 0.15) is 18.3 Å². The summed E-state index contributed by atoms with van der Waals surface area (Å²) in [6.07, 6.45) is -3.60. The fraction of sp³-hybridized carbons (Fsp3) is 0.375. The van der Waals surface area contributed by atoms with Crippen LogP contribution >= 0.6 is 0 Å². The number of esters is 1. The lowest BCUT2D eigenvalue weighted by molar-refractivity contribution is -0.142. The van der Waals surface area contributed by atoms with E-state index < -0.39 is 17.7 Å². The van der Waals surface area contributed by atoms with Gasteiger partial charge in [0.25, 0.3) is 0 Å². The molecule has 0 N–H and O–H groups in total. The number of nitrogens with zero attached hydrogens (tertiary/aromatic N) is 3. The molecule has 1 aromatic heterocycles. The molecule has 0 radical (unpaired) electrons. The van der Waals surface area contributed by atoms with Gasteiger partial charge in [0.15, 0.2) is 0 Å². The van der Waals surface area contributed by atoms with E-state index in [1.807, 2.05) is 24.3 Å². The SMILES string of the molecule is CCOC(=O)Cc1nnc(-c2ccc(N3CCC(Oc4ccccc4C(F)(F)F)CC3)cc2)o1. The van der Waals surface area contributed by atoms with Crippen LogP contribution in [-0.4, -0.2) is 42.0 Å². The number of benzene rings is 2. The minimum Gasteiger partial charge on any atom is -0.490 e. The van der Waals surface area contributed by atoms with Gasteiger partial charge in [-0.2, -0.15) is 13.2 Å². The minimum absolute atomic E-state index is 0.0800. The topological polar surface area (TPSA) is 77.7 Å². The Kier molecular flexibility index (Phi) is 7.04. The monoisotopic (exact) mass is 475 g/mol. The smallest absolute Gasteiger partial charge is 0.419 e. The minimum atomic E-state index is -4.45. The van der Waals surface area contributed by atoms with Crippen molar-refractivity contribution in [3.05, 3.63) is 60.0 Å². The van der Waals surface area contributed by atoms with Crippen molar-refractivity contribution in [3.63, 3.8) is 0 Å². The quantitative estimate of drug-likeness (QED) is 0.450. The third-order valence-electron chi connectivity index (χ3n) is 5.48. The first kappa shape index (κ1) is 23.6. The molecule has 1 aliphatic rings. The molecule has 1 fully saturated rings. The number of aromatic nitrogens is 2. The van der Waals surface area contributed by atoms with Crippen LogP contribution in [0.15, 0.2) is 52.9 Å². The van der Waals surface area contributed by atoms with Crippen LogP contribution < -0.4 is 9.64 Å². The molecule has 7 nitrogen and oxygen atoms in total. The summed E-state index contributed by atoms with van der Waals surface area (Å²) < 4.78 is 55.7. The van der Waals surface area contributed by atoms with Gasteiger partial charge in [0.05, 0.1) is 12.2 Å². The maximum Gasteiger partial charge on any atom is 0.419 e. The predicted molar refractivity (Wildman–Crippen MR) is 117 cm³/mol. The molecule has 0 atom stereocenters. The molecule has 34 heavy (non-hydrogen) atoms. The summed E-state index contributed by atoms with van der Waals surface area (Å²) in [5, 5.41) is 7.86. The van der Waals surface area contributed by atoms with Crippen molar-refractivity contribution in [1.29, 1.82) is 0 Å². The molecule has 0 saturated carbocycles. The fourth-order valence-corrected chi connectivity index (χ4v) is 3.81. The first-order chi connectivity index (χ1) is 16.3. The van der Waals surface area contributed by atoms with Crippen LogP contribution in [0, 0.1) is 0 Å². The van der Waals surface area contributed by atoms with Crippen LogP contribution in [0.25, 0.3) is 11.5 Å². The Labute approximate surface area is 194 Å². The number of carbonyl (C=O) groups is 1. The second-order valence-electron chi connectivity index (χ2n) is 7.83. The lowest BCUT2D eigenvalue weighted by atomic mass is 10.1. The molecule has 3 aromatic rings. The molecule has 0 bridgehead atoms. The Bertz CT molecular complexity index is 1110. The number of hydrogen-bond donors (Lipinski definition) is 0. The largest absolute Gasteiger partial charge is 0.490 e. The van der Waals surface area contributed by atoms with Crippen molar-refractivity contribution in [2.24, 2.45) is 0 Å². The van der Waals surface area contributed by atoms with E-state index in [0.29, 0.717) is 37.4 Å². The zero-order valence-corrected chi connectivity index (χ0v) is 18.5. The third-order valence-corrected chi connectivity index (χ3v) is 5.48. The van der Waals surface area contributed by atoms with Crippen molar-refractivity contribution < 1.29 is 31.9 Å².